The van der Waals surface area contributed by atoms with E-state index in [1.165, 1.54) is 6.33 Å². The number of methoxy groups -OCH3 is 3. The Morgan fingerprint density at radius 1 is 0.929 bits per heavy atom. The van der Waals surface area contributed by atoms with Crippen LogP contribution in [0.3, 0.4) is 0 Å². The number of benzene rings is 2. The maximum atomic E-state index is 5.95. The second kappa shape index (κ2) is 8.62. The Bertz CT molecular complexity index is 928. The van der Waals surface area contributed by atoms with Crippen molar-refractivity contribution in [2.75, 3.05) is 38.6 Å². The first-order valence-electron chi connectivity index (χ1n) is 8.31. The zero-order valence-corrected chi connectivity index (χ0v) is 16.7. The second-order valence-corrected chi connectivity index (χ2v) is 6.12. The van der Waals surface area contributed by atoms with Gasteiger partial charge in [-0.1, -0.05) is 11.6 Å². The molecule has 1 N–H and O–H groups in total. The van der Waals surface area contributed by atoms with Gasteiger partial charge >= 0.3 is 0 Å². The highest BCUT2D eigenvalue weighted by atomic mass is 35.5. The number of ether oxygens (including phenoxy) is 3. The SMILES string of the molecule is COc1cc(Nc2ncnc(N(C)c3ccc(Cl)cc3)n2)cc(OC)c1OC. The molecule has 3 rings (SSSR count). The summed E-state index contributed by atoms with van der Waals surface area (Å²) in [7, 11) is 6.53. The third-order valence-electron chi connectivity index (χ3n) is 3.99. The second-order valence-electron chi connectivity index (χ2n) is 5.68. The van der Waals surface area contributed by atoms with Crippen LogP contribution in [0, 0.1) is 0 Å². The van der Waals surface area contributed by atoms with Crippen LogP contribution in [0.2, 0.25) is 5.02 Å². The highest BCUT2D eigenvalue weighted by Gasteiger charge is 2.14. The third kappa shape index (κ3) is 4.17. The number of rotatable bonds is 7. The number of halogens is 1. The lowest BCUT2D eigenvalue weighted by Crippen LogP contribution is -2.14. The molecule has 1 aromatic heterocycles. The van der Waals surface area contributed by atoms with E-state index in [0.29, 0.717) is 39.9 Å². The van der Waals surface area contributed by atoms with Crippen molar-refractivity contribution in [3.8, 4) is 17.2 Å². The van der Waals surface area contributed by atoms with Crippen LogP contribution in [-0.4, -0.2) is 43.3 Å². The zero-order chi connectivity index (χ0) is 20.1. The van der Waals surface area contributed by atoms with Crippen LogP contribution >= 0.6 is 11.6 Å². The van der Waals surface area contributed by atoms with Gasteiger partial charge in [-0.3, -0.25) is 0 Å². The first-order valence-corrected chi connectivity index (χ1v) is 8.69. The average molecular weight is 402 g/mol. The Hall–Kier alpha value is -3.26. The summed E-state index contributed by atoms with van der Waals surface area (Å²) in [5, 5.41) is 3.80. The number of hydrogen-bond donors (Lipinski definition) is 1. The molecule has 2 aromatic carbocycles. The first kappa shape index (κ1) is 19.5. The van der Waals surface area contributed by atoms with E-state index in [0.717, 1.165) is 5.69 Å². The van der Waals surface area contributed by atoms with Crippen molar-refractivity contribution in [3.63, 3.8) is 0 Å². The van der Waals surface area contributed by atoms with Crippen molar-refractivity contribution in [2.24, 2.45) is 0 Å². The number of aromatic nitrogens is 3. The quantitative estimate of drug-likeness (QED) is 0.634. The van der Waals surface area contributed by atoms with Crippen molar-refractivity contribution < 1.29 is 14.2 Å². The minimum atomic E-state index is 0.375. The largest absolute Gasteiger partial charge is 0.493 e. The predicted octanol–water partition coefficient (Wildman–Crippen LogP) is 4.06. The summed E-state index contributed by atoms with van der Waals surface area (Å²) in [6.07, 6.45) is 1.44. The lowest BCUT2D eigenvalue weighted by Gasteiger charge is -2.18. The fourth-order valence-electron chi connectivity index (χ4n) is 2.57. The van der Waals surface area contributed by atoms with Gasteiger partial charge in [0, 0.05) is 35.6 Å². The van der Waals surface area contributed by atoms with Crippen molar-refractivity contribution in [3.05, 3.63) is 47.7 Å². The molecule has 1 heterocycles. The summed E-state index contributed by atoms with van der Waals surface area (Å²) in [5.74, 6) is 2.41. The van der Waals surface area contributed by atoms with Crippen LogP contribution in [0.4, 0.5) is 23.3 Å². The van der Waals surface area contributed by atoms with Gasteiger partial charge in [0.15, 0.2) is 11.5 Å². The first-order chi connectivity index (χ1) is 13.5. The molecule has 0 saturated heterocycles. The van der Waals surface area contributed by atoms with E-state index in [9.17, 15) is 0 Å². The molecule has 0 aliphatic heterocycles. The topological polar surface area (TPSA) is 81.6 Å². The van der Waals surface area contributed by atoms with Crippen LogP contribution in [0.15, 0.2) is 42.7 Å². The summed E-state index contributed by atoms with van der Waals surface area (Å²) in [6, 6.07) is 10.9. The molecule has 28 heavy (non-hydrogen) atoms. The summed E-state index contributed by atoms with van der Waals surface area (Å²) in [5.41, 5.74) is 1.58. The minimum Gasteiger partial charge on any atom is -0.493 e. The maximum absolute atomic E-state index is 5.95. The third-order valence-corrected chi connectivity index (χ3v) is 4.25. The summed E-state index contributed by atoms with van der Waals surface area (Å²) >= 11 is 5.95. The van der Waals surface area contributed by atoms with Crippen LogP contribution in [0.1, 0.15) is 0 Å². The molecule has 146 valence electrons. The molecule has 0 radical (unpaired) electrons. The number of anilines is 4. The number of nitrogens with one attached hydrogen (secondary N) is 1. The summed E-state index contributed by atoms with van der Waals surface area (Å²) in [6.45, 7) is 0. The normalized spacial score (nSPS) is 10.3. The van der Waals surface area contributed by atoms with Gasteiger partial charge in [-0.2, -0.15) is 4.98 Å². The number of hydrogen-bond acceptors (Lipinski definition) is 8. The van der Waals surface area contributed by atoms with E-state index in [1.807, 2.05) is 36.2 Å². The van der Waals surface area contributed by atoms with E-state index < -0.39 is 0 Å². The Morgan fingerprint density at radius 3 is 2.14 bits per heavy atom. The molecule has 0 saturated carbocycles. The molecular formula is C19H20ClN5O3. The molecule has 0 amide bonds. The molecule has 0 bridgehead atoms. The van der Waals surface area contributed by atoms with Gasteiger partial charge in [0.05, 0.1) is 21.3 Å². The standard InChI is InChI=1S/C19H20ClN5O3/c1-25(14-7-5-12(20)6-8-14)19-22-11-21-18(24-19)23-13-9-15(26-2)17(28-4)16(10-13)27-3/h5-11H,1-4H3,(H,21,22,23,24). The van der Waals surface area contributed by atoms with Gasteiger partial charge in [-0.15, -0.1) is 0 Å². The van der Waals surface area contributed by atoms with Gasteiger partial charge in [0.25, 0.3) is 0 Å². The zero-order valence-electron chi connectivity index (χ0n) is 15.9. The smallest absolute Gasteiger partial charge is 0.234 e. The molecule has 0 spiro atoms. The average Bonchev–Trinajstić information content (AvgIpc) is 2.73. The molecule has 9 heteroatoms. The molecule has 0 aliphatic carbocycles. The van der Waals surface area contributed by atoms with E-state index in [4.69, 9.17) is 25.8 Å². The monoisotopic (exact) mass is 401 g/mol. The lowest BCUT2D eigenvalue weighted by atomic mass is 10.2. The van der Waals surface area contributed by atoms with Crippen molar-refractivity contribution in [2.45, 2.75) is 0 Å². The van der Waals surface area contributed by atoms with Gasteiger partial charge in [-0.05, 0) is 24.3 Å². The molecule has 3 aromatic rings. The van der Waals surface area contributed by atoms with Crippen LogP contribution < -0.4 is 24.4 Å². The highest BCUT2D eigenvalue weighted by molar-refractivity contribution is 6.30. The highest BCUT2D eigenvalue weighted by Crippen LogP contribution is 2.40. The van der Waals surface area contributed by atoms with Gasteiger partial charge in [-0.25, -0.2) is 9.97 Å². The number of nitrogens with zero attached hydrogens (tertiary/aromatic N) is 4. The van der Waals surface area contributed by atoms with Gasteiger partial charge < -0.3 is 24.4 Å². The van der Waals surface area contributed by atoms with E-state index in [-0.39, 0.29) is 0 Å². The van der Waals surface area contributed by atoms with E-state index in [2.05, 4.69) is 20.3 Å². The molecule has 0 fully saturated rings. The molecule has 0 atom stereocenters. The molecule has 8 nitrogen and oxygen atoms in total. The van der Waals surface area contributed by atoms with Crippen LogP contribution in [0.5, 0.6) is 17.2 Å². The minimum absolute atomic E-state index is 0.375. The lowest BCUT2D eigenvalue weighted by molar-refractivity contribution is 0.324. The molecule has 0 aliphatic rings. The van der Waals surface area contributed by atoms with Crippen molar-refractivity contribution in [1.82, 2.24) is 15.0 Å². The summed E-state index contributed by atoms with van der Waals surface area (Å²) in [4.78, 5) is 14.7. The van der Waals surface area contributed by atoms with E-state index in [1.54, 1.807) is 33.5 Å². The Morgan fingerprint density at radius 2 is 1.57 bits per heavy atom. The fraction of sp³-hybridized carbons (Fsp3) is 0.211. The van der Waals surface area contributed by atoms with Crippen LogP contribution in [0.25, 0.3) is 0 Å². The Labute approximate surface area is 168 Å². The van der Waals surface area contributed by atoms with Crippen molar-refractivity contribution in [1.29, 1.82) is 0 Å². The summed E-state index contributed by atoms with van der Waals surface area (Å²) < 4.78 is 16.1. The van der Waals surface area contributed by atoms with Gasteiger partial charge in [0.2, 0.25) is 17.6 Å². The fourth-order valence-corrected chi connectivity index (χ4v) is 2.70. The van der Waals surface area contributed by atoms with E-state index >= 15 is 0 Å². The van der Waals surface area contributed by atoms with Crippen LogP contribution in [-0.2, 0) is 0 Å². The Kier molecular flexibility index (Phi) is 6.00. The molecular weight excluding hydrogens is 382 g/mol. The van der Waals surface area contributed by atoms with Gasteiger partial charge in [0.1, 0.15) is 6.33 Å². The Balaban J connectivity index is 1.88. The molecule has 0 unspecified atom stereocenters. The van der Waals surface area contributed by atoms with Crippen molar-refractivity contribution >= 4 is 34.9 Å². The maximum Gasteiger partial charge on any atom is 0.234 e. The predicted molar refractivity (Wildman–Crippen MR) is 109 cm³/mol.